The van der Waals surface area contributed by atoms with Gasteiger partial charge in [0.05, 0.1) is 15.7 Å². The van der Waals surface area contributed by atoms with Gasteiger partial charge in [0, 0.05) is 36.1 Å². The molecule has 2 aliphatic heterocycles. The van der Waals surface area contributed by atoms with Crippen LogP contribution in [0.2, 0.25) is 0 Å². The molecule has 1 amide bonds. The zero-order chi connectivity index (χ0) is 23.4. The number of aryl methyl sites for hydroxylation is 1. The molecule has 3 aromatic rings. The van der Waals surface area contributed by atoms with Crippen LogP contribution in [0.15, 0.2) is 39.8 Å². The van der Waals surface area contributed by atoms with E-state index < -0.39 is 10.0 Å². The molecule has 34 heavy (non-hydrogen) atoms. The molecular weight excluding hydrogens is 472 g/mol. The molecule has 0 unspecified atom stereocenters. The maximum absolute atomic E-state index is 13.6. The van der Waals surface area contributed by atoms with E-state index in [1.54, 1.807) is 13.0 Å². The van der Waals surface area contributed by atoms with Crippen molar-refractivity contribution in [1.82, 2.24) is 14.4 Å². The van der Waals surface area contributed by atoms with Crippen molar-refractivity contribution in [2.45, 2.75) is 49.8 Å². The summed E-state index contributed by atoms with van der Waals surface area (Å²) in [6, 6.07) is 9.60. The number of aromatic nitrogens is 2. The van der Waals surface area contributed by atoms with E-state index in [0.29, 0.717) is 53.3 Å². The van der Waals surface area contributed by atoms with Crippen LogP contribution >= 0.6 is 11.3 Å². The average molecular weight is 499 g/mol. The van der Waals surface area contributed by atoms with E-state index in [1.165, 1.54) is 21.2 Å². The first-order chi connectivity index (χ1) is 16.4. The van der Waals surface area contributed by atoms with Gasteiger partial charge in [0.25, 0.3) is 0 Å². The molecule has 4 heterocycles. The normalized spacial score (nSPS) is 21.1. The van der Waals surface area contributed by atoms with Crippen LogP contribution in [0.4, 0.5) is 5.69 Å². The summed E-state index contributed by atoms with van der Waals surface area (Å²) in [6.07, 6.45) is 4.32. The number of piperidine rings is 1. The Morgan fingerprint density at radius 1 is 1.18 bits per heavy atom. The molecule has 6 rings (SSSR count). The fraction of sp³-hybridized carbons (Fsp3) is 0.458. The fourth-order valence-corrected chi connectivity index (χ4v) is 7.96. The van der Waals surface area contributed by atoms with E-state index in [-0.39, 0.29) is 23.3 Å². The van der Waals surface area contributed by atoms with E-state index in [0.717, 1.165) is 24.9 Å². The minimum absolute atomic E-state index is 0.0204. The molecule has 3 aliphatic rings. The first-order valence-electron chi connectivity index (χ1n) is 11.8. The largest absolute Gasteiger partial charge is 0.339 e. The number of carbonyl (C=O) groups excluding carboxylic acids is 1. The molecule has 8 nitrogen and oxygen atoms in total. The number of nitrogens with zero attached hydrogens (tertiary/aromatic N) is 4. The van der Waals surface area contributed by atoms with E-state index >= 15 is 0 Å². The van der Waals surface area contributed by atoms with Gasteiger partial charge < -0.3 is 9.42 Å². The van der Waals surface area contributed by atoms with Crippen molar-refractivity contribution in [3.8, 4) is 10.7 Å². The van der Waals surface area contributed by atoms with Crippen molar-refractivity contribution >= 4 is 33.0 Å². The third kappa shape index (κ3) is 3.77. The number of fused-ring (bicyclic) bond motifs is 1. The Morgan fingerprint density at radius 3 is 2.82 bits per heavy atom. The third-order valence-electron chi connectivity index (χ3n) is 6.97. The summed E-state index contributed by atoms with van der Waals surface area (Å²) in [5.74, 6) is 1.09. The zero-order valence-corrected chi connectivity index (χ0v) is 20.6. The van der Waals surface area contributed by atoms with Gasteiger partial charge in [-0.2, -0.15) is 9.29 Å². The molecule has 0 bridgehead atoms. The smallest absolute Gasteiger partial charge is 0.244 e. The predicted octanol–water partition coefficient (Wildman–Crippen LogP) is 3.97. The summed E-state index contributed by atoms with van der Waals surface area (Å²) in [7, 11) is -3.74. The number of anilines is 1. The van der Waals surface area contributed by atoms with Crippen molar-refractivity contribution in [1.29, 1.82) is 0 Å². The van der Waals surface area contributed by atoms with Gasteiger partial charge in [0.2, 0.25) is 27.6 Å². The number of amides is 1. The van der Waals surface area contributed by atoms with Crippen molar-refractivity contribution < 1.29 is 17.7 Å². The zero-order valence-electron chi connectivity index (χ0n) is 18.9. The van der Waals surface area contributed by atoms with Crippen molar-refractivity contribution in [3.05, 3.63) is 46.7 Å². The summed E-state index contributed by atoms with van der Waals surface area (Å²) < 4.78 is 34.0. The highest BCUT2D eigenvalue weighted by Gasteiger charge is 2.38. The number of sulfonamides is 1. The number of rotatable bonds is 5. The Kier molecular flexibility index (Phi) is 5.34. The molecule has 2 aromatic heterocycles. The van der Waals surface area contributed by atoms with E-state index in [2.05, 4.69) is 16.2 Å². The summed E-state index contributed by atoms with van der Waals surface area (Å²) >= 11 is 1.36. The van der Waals surface area contributed by atoms with Gasteiger partial charge in [-0.3, -0.25) is 4.79 Å². The van der Waals surface area contributed by atoms with Crippen LogP contribution in [0, 0.1) is 12.8 Å². The number of thiophene rings is 1. The van der Waals surface area contributed by atoms with Crippen LogP contribution in [-0.4, -0.2) is 48.4 Å². The summed E-state index contributed by atoms with van der Waals surface area (Å²) in [4.78, 5) is 21.3. The fourth-order valence-electron chi connectivity index (χ4n) is 4.95. The second-order valence-corrected chi connectivity index (χ2v) is 12.5. The molecule has 1 saturated heterocycles. The van der Waals surface area contributed by atoms with Gasteiger partial charge in [-0.25, -0.2) is 8.42 Å². The quantitative estimate of drug-likeness (QED) is 0.528. The number of carbonyl (C=O) groups is 1. The van der Waals surface area contributed by atoms with Crippen LogP contribution in [0.1, 0.15) is 47.9 Å². The molecule has 1 atom stereocenters. The first kappa shape index (κ1) is 21.9. The lowest BCUT2D eigenvalue weighted by Crippen LogP contribution is -2.46. The third-order valence-corrected chi connectivity index (χ3v) is 10.1. The second-order valence-electron chi connectivity index (χ2n) is 9.33. The highest BCUT2D eigenvalue weighted by atomic mass is 32.2. The van der Waals surface area contributed by atoms with Gasteiger partial charge in [0.15, 0.2) is 0 Å². The minimum Gasteiger partial charge on any atom is -0.339 e. The summed E-state index contributed by atoms with van der Waals surface area (Å²) in [5.41, 5.74) is 2.13. The summed E-state index contributed by atoms with van der Waals surface area (Å²) in [5, 5.41) is 4.06. The number of hydrogen-bond acceptors (Lipinski definition) is 7. The maximum Gasteiger partial charge on any atom is 0.244 e. The number of hydrogen-bond donors (Lipinski definition) is 0. The van der Waals surface area contributed by atoms with Crippen molar-refractivity contribution in [2.24, 2.45) is 5.92 Å². The van der Waals surface area contributed by atoms with Gasteiger partial charge in [-0.05, 0) is 56.7 Å². The van der Waals surface area contributed by atoms with E-state index in [4.69, 9.17) is 4.52 Å². The van der Waals surface area contributed by atoms with E-state index in [9.17, 15) is 13.2 Å². The predicted molar refractivity (Wildman–Crippen MR) is 128 cm³/mol. The standard InChI is InChI=1S/C24H26N4O4S2/c1-15-21(13-20(33-15)22-25-23(32-26-22)17-8-9-17)34(30,31)27-11-4-6-18(14-27)24(29)28-12-10-16-5-2-3-7-19(16)28/h2-3,5,7,13,17-18H,4,6,8-12,14H2,1H3/t18-/m1/s1. The number of para-hydroxylation sites is 1. The molecule has 1 aromatic carbocycles. The van der Waals surface area contributed by atoms with Gasteiger partial charge in [0.1, 0.15) is 0 Å². The average Bonchev–Trinajstić information content (AvgIpc) is 3.24. The number of benzene rings is 1. The van der Waals surface area contributed by atoms with Gasteiger partial charge in [-0.15, -0.1) is 11.3 Å². The minimum atomic E-state index is -3.74. The topological polar surface area (TPSA) is 96.6 Å². The summed E-state index contributed by atoms with van der Waals surface area (Å²) in [6.45, 7) is 3.08. The lowest BCUT2D eigenvalue weighted by atomic mass is 9.98. The molecule has 10 heteroatoms. The molecular formula is C24H26N4O4S2. The Labute approximate surface area is 202 Å². The maximum atomic E-state index is 13.6. The first-order valence-corrected chi connectivity index (χ1v) is 14.0. The van der Waals surface area contributed by atoms with Crippen LogP contribution in [0.3, 0.4) is 0 Å². The van der Waals surface area contributed by atoms with Crippen molar-refractivity contribution in [3.63, 3.8) is 0 Å². The Bertz CT molecular complexity index is 1360. The van der Waals surface area contributed by atoms with Crippen LogP contribution in [0.25, 0.3) is 10.7 Å². The molecule has 1 aliphatic carbocycles. The monoisotopic (exact) mass is 498 g/mol. The molecule has 0 radical (unpaired) electrons. The Balaban J connectivity index is 1.22. The second kappa shape index (κ2) is 8.28. The SMILES string of the molecule is Cc1sc(-c2noc(C3CC3)n2)cc1S(=O)(=O)N1CCC[C@@H](C(=O)N2CCc3ccccc32)C1. The molecule has 2 fully saturated rings. The van der Waals surface area contributed by atoms with Gasteiger partial charge in [-0.1, -0.05) is 23.4 Å². The molecule has 1 saturated carbocycles. The van der Waals surface area contributed by atoms with Gasteiger partial charge >= 0.3 is 0 Å². The highest BCUT2D eigenvalue weighted by Crippen LogP contribution is 2.41. The van der Waals surface area contributed by atoms with Crippen LogP contribution in [-0.2, 0) is 21.2 Å². The Morgan fingerprint density at radius 2 is 2.00 bits per heavy atom. The van der Waals surface area contributed by atoms with Crippen LogP contribution < -0.4 is 4.90 Å². The van der Waals surface area contributed by atoms with E-state index in [1.807, 2.05) is 23.1 Å². The Hall–Kier alpha value is -2.56. The van der Waals surface area contributed by atoms with Crippen LogP contribution in [0.5, 0.6) is 0 Å². The lowest BCUT2D eigenvalue weighted by Gasteiger charge is -2.33. The molecule has 0 N–H and O–H groups in total. The van der Waals surface area contributed by atoms with Crippen molar-refractivity contribution in [2.75, 3.05) is 24.5 Å². The molecule has 0 spiro atoms. The lowest BCUT2D eigenvalue weighted by molar-refractivity contribution is -0.123. The highest BCUT2D eigenvalue weighted by molar-refractivity contribution is 7.89. The molecule has 178 valence electrons.